The Balaban J connectivity index is 1.42. The molecule has 4 aliphatic heterocycles. The van der Waals surface area contributed by atoms with E-state index < -0.39 is 59.6 Å². The number of aliphatic hydroxyl groups excluding tert-OH is 1. The fourth-order valence-electron chi connectivity index (χ4n) is 7.92. The summed E-state index contributed by atoms with van der Waals surface area (Å²) in [5, 5.41) is 13.2. The van der Waals surface area contributed by atoms with Crippen LogP contribution in [0.25, 0.3) is 0 Å². The highest BCUT2D eigenvalue weighted by Crippen LogP contribution is 2.56. The fourth-order valence-corrected chi connectivity index (χ4v) is 7.92. The van der Waals surface area contributed by atoms with Gasteiger partial charge in [-0.15, -0.1) is 0 Å². The molecule has 10 heteroatoms. The first-order valence-corrected chi connectivity index (χ1v) is 16.1. The molecule has 5 bridgehead atoms. The molecule has 3 amide bonds. The molecule has 8 atom stereocenters. The number of likely N-dealkylation sites (tertiary alicyclic amines) is 1. The van der Waals surface area contributed by atoms with Gasteiger partial charge in [0.15, 0.2) is 0 Å². The number of amides is 3. The lowest BCUT2D eigenvalue weighted by Gasteiger charge is -2.41. The number of rotatable bonds is 4. The van der Waals surface area contributed by atoms with Crippen molar-refractivity contribution in [1.82, 2.24) is 15.1 Å². The topological polar surface area (TPSA) is 125 Å². The summed E-state index contributed by atoms with van der Waals surface area (Å²) in [5.74, 6) is -3.38. The number of aliphatic hydroxyl groups is 1. The van der Waals surface area contributed by atoms with E-state index in [9.17, 15) is 24.3 Å². The first-order chi connectivity index (χ1) is 21.3. The molecule has 1 aromatic carbocycles. The van der Waals surface area contributed by atoms with Crippen molar-refractivity contribution < 1.29 is 33.8 Å². The third-order valence-electron chi connectivity index (χ3n) is 10.1. The molecule has 1 saturated carbocycles. The van der Waals surface area contributed by atoms with Gasteiger partial charge in [-0.2, -0.15) is 0 Å². The number of hydrogen-bond donors (Lipinski definition) is 2. The molecule has 2 N–H and O–H groups in total. The number of benzene rings is 1. The molecular weight excluding hydrogens is 562 g/mol. The SMILES string of the molecule is C[C@@H]1NC(=O)CC/C=C\CN(C2CCCCC2)C(=O)[C@H]2N([C@H](C)CO)C(=O)[C@@H]3[C@@H](C(=O)O[C@H]1c1ccccc1)[C@H]1C=C[C@]32O1. The Labute approximate surface area is 258 Å². The summed E-state index contributed by atoms with van der Waals surface area (Å²) in [6.45, 7) is 3.51. The summed E-state index contributed by atoms with van der Waals surface area (Å²) >= 11 is 0. The number of cyclic esters (lactones) is 1. The predicted molar refractivity (Wildman–Crippen MR) is 161 cm³/mol. The van der Waals surface area contributed by atoms with Gasteiger partial charge in [-0.05, 0) is 38.7 Å². The smallest absolute Gasteiger partial charge is 0.313 e. The quantitative estimate of drug-likeness (QED) is 0.400. The van der Waals surface area contributed by atoms with E-state index in [4.69, 9.17) is 9.47 Å². The van der Waals surface area contributed by atoms with Gasteiger partial charge in [-0.25, -0.2) is 0 Å². The summed E-state index contributed by atoms with van der Waals surface area (Å²) in [4.78, 5) is 59.4. The van der Waals surface area contributed by atoms with Crippen LogP contribution in [0.3, 0.4) is 0 Å². The van der Waals surface area contributed by atoms with Crippen LogP contribution in [0.2, 0.25) is 0 Å². The van der Waals surface area contributed by atoms with Crippen LogP contribution < -0.4 is 5.32 Å². The molecule has 0 aromatic heterocycles. The van der Waals surface area contributed by atoms with Crippen LogP contribution in [-0.4, -0.2) is 87.6 Å². The van der Waals surface area contributed by atoms with Crippen LogP contribution in [0.5, 0.6) is 0 Å². The third kappa shape index (κ3) is 5.26. The number of nitrogens with one attached hydrogen (secondary N) is 1. The van der Waals surface area contributed by atoms with Gasteiger partial charge in [-0.1, -0.05) is 73.9 Å². The van der Waals surface area contributed by atoms with Crippen LogP contribution in [0.15, 0.2) is 54.6 Å². The lowest BCUT2D eigenvalue weighted by Crippen LogP contribution is -2.59. The molecular formula is C34H43N3O7. The standard InChI is InChI=1S/C34H43N3O7/c1-21(20-38)37-30-32(41)36(24-14-8-4-9-15-24)19-11-5-10-16-26(39)35-22(2)29(23-12-6-3-7-13-23)43-33(42)27-25-17-18-34(30,44-25)28(27)31(37)40/h3,5-7,11-13,17-18,21-22,24-25,27-30,38H,4,8-10,14-16,19-20H2,1-2H3,(H,35,39)/b11-5-/t21-,22+,25-,27+,28+,29-,30-,34+/m1/s1. The maximum absolute atomic E-state index is 14.7. The van der Waals surface area contributed by atoms with Crippen molar-refractivity contribution in [3.8, 4) is 0 Å². The Hall–Kier alpha value is -3.50. The third-order valence-corrected chi connectivity index (χ3v) is 10.1. The van der Waals surface area contributed by atoms with Crippen molar-refractivity contribution >= 4 is 23.7 Å². The number of nitrogens with zero attached hydrogens (tertiary/aromatic N) is 2. The van der Waals surface area contributed by atoms with E-state index in [1.807, 2.05) is 47.4 Å². The zero-order chi connectivity index (χ0) is 31.0. The van der Waals surface area contributed by atoms with Crippen LogP contribution in [0, 0.1) is 11.8 Å². The molecule has 236 valence electrons. The summed E-state index contributed by atoms with van der Waals surface area (Å²) in [6.07, 6.45) is 11.5. The molecule has 10 nitrogen and oxygen atoms in total. The number of carbonyl (C=O) groups excluding carboxylic acids is 4. The van der Waals surface area contributed by atoms with Gasteiger partial charge in [0.2, 0.25) is 17.7 Å². The van der Waals surface area contributed by atoms with E-state index in [1.54, 1.807) is 26.0 Å². The number of carbonyl (C=O) groups is 4. The lowest BCUT2D eigenvalue weighted by atomic mass is 9.74. The fraction of sp³-hybridized carbons (Fsp3) is 0.588. The van der Waals surface area contributed by atoms with Crippen molar-refractivity contribution in [2.45, 2.75) is 101 Å². The number of esters is 1. The minimum absolute atomic E-state index is 0.000980. The van der Waals surface area contributed by atoms with Crippen molar-refractivity contribution in [2.75, 3.05) is 13.2 Å². The highest BCUT2D eigenvalue weighted by atomic mass is 16.6. The van der Waals surface area contributed by atoms with Crippen molar-refractivity contribution in [1.29, 1.82) is 0 Å². The zero-order valence-electron chi connectivity index (χ0n) is 25.5. The van der Waals surface area contributed by atoms with Gasteiger partial charge in [-0.3, -0.25) is 19.2 Å². The van der Waals surface area contributed by atoms with Crippen molar-refractivity contribution in [3.63, 3.8) is 0 Å². The van der Waals surface area contributed by atoms with Gasteiger partial charge in [0.1, 0.15) is 23.7 Å². The van der Waals surface area contributed by atoms with Gasteiger partial charge >= 0.3 is 5.97 Å². The van der Waals surface area contributed by atoms with Gasteiger partial charge in [0, 0.05) is 19.0 Å². The van der Waals surface area contributed by atoms with E-state index in [-0.39, 0.29) is 30.9 Å². The molecule has 1 aliphatic carbocycles. The van der Waals surface area contributed by atoms with E-state index >= 15 is 0 Å². The Morgan fingerprint density at radius 3 is 2.52 bits per heavy atom. The molecule has 4 heterocycles. The van der Waals surface area contributed by atoms with E-state index in [1.165, 1.54) is 4.90 Å². The second kappa shape index (κ2) is 12.5. The largest absolute Gasteiger partial charge is 0.455 e. The Morgan fingerprint density at radius 1 is 1.05 bits per heavy atom. The second-order valence-electron chi connectivity index (χ2n) is 12.9. The molecule has 1 aromatic rings. The highest BCUT2D eigenvalue weighted by molar-refractivity contribution is 5.99. The zero-order valence-corrected chi connectivity index (χ0v) is 25.5. The van der Waals surface area contributed by atoms with Crippen LogP contribution in [-0.2, 0) is 28.7 Å². The lowest BCUT2D eigenvalue weighted by molar-refractivity contribution is -0.162. The molecule has 0 unspecified atom stereocenters. The Bertz CT molecular complexity index is 1330. The number of allylic oxidation sites excluding steroid dienone is 1. The first kappa shape index (κ1) is 30.5. The predicted octanol–water partition coefficient (Wildman–Crippen LogP) is 2.82. The monoisotopic (exact) mass is 605 g/mol. The number of fused-ring (bicyclic) bond motifs is 2. The van der Waals surface area contributed by atoms with Crippen molar-refractivity contribution in [3.05, 3.63) is 60.2 Å². The van der Waals surface area contributed by atoms with Gasteiger partial charge in [0.25, 0.3) is 0 Å². The summed E-state index contributed by atoms with van der Waals surface area (Å²) in [6, 6.07) is 6.98. The summed E-state index contributed by atoms with van der Waals surface area (Å²) in [7, 11) is 0. The average Bonchev–Trinajstić information content (AvgIpc) is 3.68. The van der Waals surface area contributed by atoms with Crippen LogP contribution in [0.1, 0.15) is 70.5 Å². The number of ether oxygens (including phenoxy) is 2. The van der Waals surface area contributed by atoms with Gasteiger partial charge in [0.05, 0.1) is 30.7 Å². The first-order valence-electron chi connectivity index (χ1n) is 16.1. The second-order valence-corrected chi connectivity index (χ2v) is 12.9. The van der Waals surface area contributed by atoms with E-state index in [2.05, 4.69) is 5.32 Å². The van der Waals surface area contributed by atoms with E-state index in [0.717, 1.165) is 32.1 Å². The molecule has 1 spiro atoms. The highest BCUT2D eigenvalue weighted by Gasteiger charge is 2.74. The molecule has 5 aliphatic rings. The molecule has 6 rings (SSSR count). The molecule has 0 radical (unpaired) electrons. The van der Waals surface area contributed by atoms with Gasteiger partial charge < -0.3 is 29.7 Å². The molecule has 44 heavy (non-hydrogen) atoms. The summed E-state index contributed by atoms with van der Waals surface area (Å²) in [5.41, 5.74) is -0.635. The maximum atomic E-state index is 14.7. The summed E-state index contributed by atoms with van der Waals surface area (Å²) < 4.78 is 12.7. The van der Waals surface area contributed by atoms with Crippen molar-refractivity contribution in [2.24, 2.45) is 11.8 Å². The Morgan fingerprint density at radius 2 is 1.80 bits per heavy atom. The maximum Gasteiger partial charge on any atom is 0.313 e. The molecule has 2 saturated heterocycles. The Kier molecular flexibility index (Phi) is 8.66. The number of hydrogen-bond acceptors (Lipinski definition) is 7. The average molecular weight is 606 g/mol. The van der Waals surface area contributed by atoms with Crippen LogP contribution >= 0.6 is 0 Å². The minimum atomic E-state index is -1.35. The normalized spacial score (nSPS) is 36.2. The van der Waals surface area contributed by atoms with E-state index in [0.29, 0.717) is 18.5 Å². The minimum Gasteiger partial charge on any atom is -0.455 e. The molecule has 3 fully saturated rings. The van der Waals surface area contributed by atoms with Crippen LogP contribution in [0.4, 0.5) is 0 Å².